The Labute approximate surface area is 74.1 Å². The summed E-state index contributed by atoms with van der Waals surface area (Å²) >= 11 is 0. The molecule has 3 heteroatoms. The van der Waals surface area contributed by atoms with Gasteiger partial charge in [-0.2, -0.15) is 0 Å². The third kappa shape index (κ3) is 1.52. The number of rotatable bonds is 0. The van der Waals surface area contributed by atoms with Crippen LogP contribution >= 0.6 is 0 Å². The maximum Gasteiger partial charge on any atom is 0.133 e. The molecular weight excluding hydrogens is 152 g/mol. The molecule has 0 aromatic rings. The van der Waals surface area contributed by atoms with E-state index in [1.807, 2.05) is 34.6 Å². The van der Waals surface area contributed by atoms with Crippen LogP contribution in [0.4, 0.5) is 0 Å². The summed E-state index contributed by atoms with van der Waals surface area (Å²) < 4.78 is 0. The number of nitrogens with zero attached hydrogens (tertiary/aromatic N) is 2. The maximum atomic E-state index is 11.7. The quantitative estimate of drug-likeness (QED) is 0.546. The Morgan fingerprint density at radius 1 is 1.33 bits per heavy atom. The minimum absolute atomic E-state index is 0.310. The highest BCUT2D eigenvalue weighted by Gasteiger charge is 2.42. The number of hydroxylamine groups is 2. The predicted octanol–water partition coefficient (Wildman–Crippen LogP) is 2.01. The van der Waals surface area contributed by atoms with E-state index in [9.17, 15) is 5.21 Å². The van der Waals surface area contributed by atoms with Gasteiger partial charge in [0.25, 0.3) is 0 Å². The van der Waals surface area contributed by atoms with Crippen LogP contribution in [0.3, 0.4) is 0 Å². The lowest BCUT2D eigenvalue weighted by molar-refractivity contribution is -0.271. The third-order valence-electron chi connectivity index (χ3n) is 2.20. The van der Waals surface area contributed by atoms with Crippen LogP contribution in [0.1, 0.15) is 41.0 Å². The summed E-state index contributed by atoms with van der Waals surface area (Å²) in [5.74, 6) is 0. The summed E-state index contributed by atoms with van der Waals surface area (Å²) in [6, 6.07) is 0. The van der Waals surface area contributed by atoms with Crippen LogP contribution in [0.2, 0.25) is 0 Å². The molecule has 12 heavy (non-hydrogen) atoms. The van der Waals surface area contributed by atoms with E-state index in [0.29, 0.717) is 0 Å². The highest BCUT2D eigenvalue weighted by Crippen LogP contribution is 2.32. The van der Waals surface area contributed by atoms with Crippen molar-refractivity contribution in [3.8, 4) is 0 Å². The second-order valence-electron chi connectivity index (χ2n) is 4.63. The first-order chi connectivity index (χ1) is 5.26. The van der Waals surface area contributed by atoms with Crippen LogP contribution in [0.25, 0.3) is 0 Å². The molecule has 1 heterocycles. The van der Waals surface area contributed by atoms with E-state index in [4.69, 9.17) is 0 Å². The first kappa shape index (κ1) is 9.68. The molecule has 3 nitrogen and oxygen atoms in total. The molecule has 0 unspecified atom stereocenters. The van der Waals surface area contributed by atoms with E-state index in [1.165, 1.54) is 0 Å². The fraction of sp³-hybridized carbons (Fsp3) is 0.889. The molecule has 0 amide bonds. The fourth-order valence-corrected chi connectivity index (χ4v) is 1.99. The largest absolute Gasteiger partial charge is 0.270 e. The van der Waals surface area contributed by atoms with E-state index in [1.54, 1.807) is 0 Å². The summed E-state index contributed by atoms with van der Waals surface area (Å²) in [6.45, 7) is 9.60. The highest BCUT2D eigenvalue weighted by molar-refractivity contribution is 5.84. The minimum atomic E-state index is -0.591. The lowest BCUT2D eigenvalue weighted by Gasteiger charge is -2.43. The maximum absolute atomic E-state index is 11.7. The average molecular weight is 169 g/mol. The molecule has 0 atom stereocenters. The summed E-state index contributed by atoms with van der Waals surface area (Å²) in [5.41, 5.74) is 0.165. The topological polar surface area (TPSA) is 35.5 Å². The standard InChI is InChI=1S/C9H17N2O/c1-7-6-8(2,3)11(12)9(4,5)10-7/h6H2,1-5H3. The van der Waals surface area contributed by atoms with Crippen molar-refractivity contribution in [2.24, 2.45) is 4.99 Å². The molecule has 0 aromatic carbocycles. The van der Waals surface area contributed by atoms with E-state index < -0.39 is 5.66 Å². The van der Waals surface area contributed by atoms with Crippen LogP contribution in [-0.4, -0.2) is 22.0 Å². The van der Waals surface area contributed by atoms with Crippen LogP contribution in [0.15, 0.2) is 4.99 Å². The normalized spacial score (nSPS) is 28.3. The SMILES string of the molecule is CC1=NC(C)(C)N([O])C(C)(C)C1. The smallest absolute Gasteiger partial charge is 0.133 e. The zero-order valence-electron chi connectivity index (χ0n) is 8.51. The van der Waals surface area contributed by atoms with Gasteiger partial charge in [-0.15, -0.1) is 10.3 Å². The van der Waals surface area contributed by atoms with Crippen molar-refractivity contribution in [3.05, 3.63) is 0 Å². The molecule has 69 valence electrons. The third-order valence-corrected chi connectivity index (χ3v) is 2.20. The minimum Gasteiger partial charge on any atom is -0.270 e. The van der Waals surface area contributed by atoms with Crippen molar-refractivity contribution in [1.29, 1.82) is 0 Å². The average Bonchev–Trinajstić information content (AvgIpc) is 1.80. The van der Waals surface area contributed by atoms with Crippen molar-refractivity contribution in [2.75, 3.05) is 0 Å². The molecule has 0 spiro atoms. The zero-order chi connectivity index (χ0) is 9.57. The van der Waals surface area contributed by atoms with Gasteiger partial charge >= 0.3 is 0 Å². The molecule has 0 saturated heterocycles. The van der Waals surface area contributed by atoms with Crippen LogP contribution < -0.4 is 0 Å². The Kier molecular flexibility index (Phi) is 2.05. The van der Waals surface area contributed by atoms with Crippen LogP contribution in [-0.2, 0) is 5.21 Å². The molecule has 0 bridgehead atoms. The highest BCUT2D eigenvalue weighted by atomic mass is 16.5. The molecule has 0 fully saturated rings. The van der Waals surface area contributed by atoms with Crippen LogP contribution in [0, 0.1) is 0 Å². The summed E-state index contributed by atoms with van der Waals surface area (Å²) in [6.07, 6.45) is 0.764. The van der Waals surface area contributed by atoms with Gasteiger partial charge < -0.3 is 0 Å². The molecular formula is C9H17N2O. The molecule has 1 aliphatic rings. The van der Waals surface area contributed by atoms with Gasteiger partial charge in [0, 0.05) is 12.1 Å². The van der Waals surface area contributed by atoms with E-state index >= 15 is 0 Å². The van der Waals surface area contributed by atoms with E-state index in [0.717, 1.165) is 17.2 Å². The van der Waals surface area contributed by atoms with Gasteiger partial charge in [-0.3, -0.25) is 4.99 Å². The molecule has 0 aliphatic carbocycles. The first-order valence-electron chi connectivity index (χ1n) is 4.28. The Morgan fingerprint density at radius 3 is 2.25 bits per heavy atom. The number of hydrogen-bond donors (Lipinski definition) is 0. The van der Waals surface area contributed by atoms with Crippen molar-refractivity contribution < 1.29 is 5.21 Å². The Balaban J connectivity index is 3.02. The van der Waals surface area contributed by atoms with Gasteiger partial charge in [0.15, 0.2) is 0 Å². The molecule has 0 N–H and O–H groups in total. The Hall–Kier alpha value is -0.410. The summed E-state index contributed by atoms with van der Waals surface area (Å²) in [5, 5.41) is 12.8. The van der Waals surface area contributed by atoms with Crippen LogP contribution in [0.5, 0.6) is 0 Å². The van der Waals surface area contributed by atoms with Gasteiger partial charge in [0.1, 0.15) is 5.66 Å². The molecule has 1 rings (SSSR count). The van der Waals surface area contributed by atoms with Gasteiger partial charge in [-0.05, 0) is 34.6 Å². The lowest BCUT2D eigenvalue weighted by atomic mass is 9.92. The van der Waals surface area contributed by atoms with Gasteiger partial charge in [-0.25, -0.2) is 0 Å². The Morgan fingerprint density at radius 2 is 1.83 bits per heavy atom. The van der Waals surface area contributed by atoms with Crippen molar-refractivity contribution in [2.45, 2.75) is 52.2 Å². The second kappa shape index (κ2) is 2.54. The number of aliphatic imine (C=N–C) groups is 1. The van der Waals surface area contributed by atoms with Crippen molar-refractivity contribution in [3.63, 3.8) is 0 Å². The lowest BCUT2D eigenvalue weighted by Crippen LogP contribution is -2.55. The van der Waals surface area contributed by atoms with Gasteiger partial charge in [0.2, 0.25) is 0 Å². The Bertz CT molecular complexity index is 219. The fourth-order valence-electron chi connectivity index (χ4n) is 1.99. The van der Waals surface area contributed by atoms with Gasteiger partial charge in [0.05, 0.1) is 5.54 Å². The predicted molar refractivity (Wildman–Crippen MR) is 48.4 cm³/mol. The van der Waals surface area contributed by atoms with Gasteiger partial charge in [-0.1, -0.05) is 0 Å². The summed E-state index contributed by atoms with van der Waals surface area (Å²) in [7, 11) is 0. The van der Waals surface area contributed by atoms with E-state index in [2.05, 4.69) is 4.99 Å². The molecule has 0 saturated carbocycles. The van der Waals surface area contributed by atoms with Crippen molar-refractivity contribution >= 4 is 5.71 Å². The summed E-state index contributed by atoms with van der Waals surface area (Å²) in [4.78, 5) is 4.32. The second-order valence-corrected chi connectivity index (χ2v) is 4.63. The monoisotopic (exact) mass is 169 g/mol. The molecule has 1 radical (unpaired) electrons. The zero-order valence-corrected chi connectivity index (χ0v) is 8.51. The van der Waals surface area contributed by atoms with E-state index in [-0.39, 0.29) is 5.54 Å². The number of hydrogen-bond acceptors (Lipinski definition) is 2. The molecule has 0 aromatic heterocycles. The van der Waals surface area contributed by atoms with Crippen molar-refractivity contribution in [1.82, 2.24) is 5.06 Å². The first-order valence-corrected chi connectivity index (χ1v) is 4.28. The molecule has 1 aliphatic heterocycles.